The van der Waals surface area contributed by atoms with Crippen molar-refractivity contribution in [1.29, 1.82) is 0 Å². The van der Waals surface area contributed by atoms with Crippen LogP contribution in [0.2, 0.25) is 0 Å². The molecule has 19 heavy (non-hydrogen) atoms. The lowest BCUT2D eigenvalue weighted by atomic mass is 9.99. The predicted octanol–water partition coefficient (Wildman–Crippen LogP) is 2.37. The minimum absolute atomic E-state index is 0.0122. The molecule has 1 fully saturated rings. The first kappa shape index (κ1) is 14.1. The number of aromatic carboxylic acids is 1. The summed E-state index contributed by atoms with van der Waals surface area (Å²) in [6, 6.07) is 3.22. The van der Waals surface area contributed by atoms with Crippen LogP contribution in [0.15, 0.2) is 16.5 Å². The summed E-state index contributed by atoms with van der Waals surface area (Å²) < 4.78 is 11.3. The van der Waals surface area contributed by atoms with E-state index in [0.717, 1.165) is 13.1 Å². The number of rotatable bonds is 3. The molecule has 1 N–H and O–H groups in total. The lowest BCUT2D eigenvalue weighted by molar-refractivity contribution is -0.182. The summed E-state index contributed by atoms with van der Waals surface area (Å²) in [4.78, 5) is 13.0. The number of morpholine rings is 1. The molecule has 0 radical (unpaired) electrons. The maximum atomic E-state index is 10.8. The zero-order valence-corrected chi connectivity index (χ0v) is 11.9. The molecule has 0 atom stereocenters. The Labute approximate surface area is 113 Å². The van der Waals surface area contributed by atoms with Crippen LogP contribution in [0.25, 0.3) is 0 Å². The molecule has 0 aromatic carbocycles. The number of carboxylic acid groups (broad SMARTS) is 1. The highest BCUT2D eigenvalue weighted by atomic mass is 16.5. The molecule has 1 aromatic heterocycles. The van der Waals surface area contributed by atoms with Crippen molar-refractivity contribution in [2.24, 2.45) is 0 Å². The highest BCUT2D eigenvalue weighted by molar-refractivity contribution is 5.84. The van der Waals surface area contributed by atoms with Gasteiger partial charge in [0.15, 0.2) is 0 Å². The van der Waals surface area contributed by atoms with Gasteiger partial charge in [-0.25, -0.2) is 4.79 Å². The van der Waals surface area contributed by atoms with E-state index in [0.29, 0.717) is 12.3 Å². The third-order valence-electron chi connectivity index (χ3n) is 3.01. The van der Waals surface area contributed by atoms with Crippen molar-refractivity contribution < 1.29 is 19.1 Å². The van der Waals surface area contributed by atoms with E-state index >= 15 is 0 Å². The fraction of sp³-hybridized carbons (Fsp3) is 0.643. The summed E-state index contributed by atoms with van der Waals surface area (Å²) in [6.07, 6.45) is 0. The lowest BCUT2D eigenvalue weighted by Gasteiger charge is -2.47. The van der Waals surface area contributed by atoms with E-state index in [2.05, 4.69) is 32.6 Å². The number of nitrogens with zero attached hydrogens (tertiary/aromatic N) is 1. The zero-order valence-electron chi connectivity index (χ0n) is 11.9. The summed E-state index contributed by atoms with van der Waals surface area (Å²) in [6.45, 7) is 10.4. The smallest absolute Gasteiger partial charge is 0.371 e. The average Bonchev–Trinajstić information content (AvgIpc) is 2.60. The maximum Gasteiger partial charge on any atom is 0.371 e. The van der Waals surface area contributed by atoms with Gasteiger partial charge in [0.25, 0.3) is 0 Å². The van der Waals surface area contributed by atoms with Crippen LogP contribution in [0, 0.1) is 0 Å². The third-order valence-corrected chi connectivity index (χ3v) is 3.01. The first-order valence-electron chi connectivity index (χ1n) is 6.41. The molecule has 0 unspecified atom stereocenters. The van der Waals surface area contributed by atoms with Crippen LogP contribution in [0.4, 0.5) is 0 Å². The largest absolute Gasteiger partial charge is 0.475 e. The van der Waals surface area contributed by atoms with Gasteiger partial charge < -0.3 is 14.3 Å². The van der Waals surface area contributed by atoms with Crippen LogP contribution >= 0.6 is 0 Å². The Morgan fingerprint density at radius 1 is 1.26 bits per heavy atom. The molecule has 0 saturated carbocycles. The molecule has 0 aliphatic carbocycles. The Kier molecular flexibility index (Phi) is 3.45. The standard InChI is InChI=1S/C14H21NO4/c1-13(2)8-15(9-14(3,4)19-13)7-10-5-6-11(18-10)12(16)17/h5-6H,7-9H2,1-4H3,(H,16,17). The molecule has 5 nitrogen and oxygen atoms in total. The fourth-order valence-electron chi connectivity index (χ4n) is 2.86. The van der Waals surface area contributed by atoms with Crippen LogP contribution in [0.1, 0.15) is 44.0 Å². The van der Waals surface area contributed by atoms with Crippen molar-refractivity contribution in [3.8, 4) is 0 Å². The molecule has 1 aliphatic rings. The quantitative estimate of drug-likeness (QED) is 0.911. The van der Waals surface area contributed by atoms with E-state index < -0.39 is 5.97 Å². The van der Waals surface area contributed by atoms with Gasteiger partial charge >= 0.3 is 5.97 Å². The molecule has 0 spiro atoms. The SMILES string of the molecule is CC1(C)CN(Cc2ccc(C(=O)O)o2)CC(C)(C)O1. The van der Waals surface area contributed by atoms with Crippen molar-refractivity contribution in [1.82, 2.24) is 4.90 Å². The summed E-state index contributed by atoms with van der Waals surface area (Å²) in [5, 5.41) is 8.84. The Hall–Kier alpha value is -1.33. The minimum Gasteiger partial charge on any atom is -0.475 e. The number of ether oxygens (including phenoxy) is 1. The second-order valence-electron chi connectivity index (χ2n) is 6.34. The number of furan rings is 1. The fourth-order valence-corrected chi connectivity index (χ4v) is 2.86. The van der Waals surface area contributed by atoms with Crippen molar-refractivity contribution in [2.75, 3.05) is 13.1 Å². The Morgan fingerprint density at radius 3 is 2.32 bits per heavy atom. The monoisotopic (exact) mass is 267 g/mol. The van der Waals surface area contributed by atoms with Crippen LogP contribution in [-0.4, -0.2) is 40.3 Å². The number of carboxylic acids is 1. The van der Waals surface area contributed by atoms with Crippen molar-refractivity contribution in [3.05, 3.63) is 23.7 Å². The van der Waals surface area contributed by atoms with E-state index in [-0.39, 0.29) is 17.0 Å². The van der Waals surface area contributed by atoms with Crippen LogP contribution in [-0.2, 0) is 11.3 Å². The Balaban J connectivity index is 2.07. The summed E-state index contributed by atoms with van der Waals surface area (Å²) in [7, 11) is 0. The van der Waals surface area contributed by atoms with Gasteiger partial charge in [-0.2, -0.15) is 0 Å². The molecular weight excluding hydrogens is 246 g/mol. The number of hydrogen-bond donors (Lipinski definition) is 1. The van der Waals surface area contributed by atoms with Gasteiger partial charge in [0, 0.05) is 13.1 Å². The highest BCUT2D eigenvalue weighted by Crippen LogP contribution is 2.29. The molecule has 2 heterocycles. The first-order chi connectivity index (χ1) is 8.67. The van der Waals surface area contributed by atoms with Gasteiger partial charge in [0.05, 0.1) is 17.7 Å². The van der Waals surface area contributed by atoms with Crippen LogP contribution in [0.3, 0.4) is 0 Å². The second-order valence-corrected chi connectivity index (χ2v) is 6.34. The van der Waals surface area contributed by atoms with E-state index in [9.17, 15) is 4.79 Å². The molecular formula is C14H21NO4. The van der Waals surface area contributed by atoms with Gasteiger partial charge in [0.1, 0.15) is 5.76 Å². The lowest BCUT2D eigenvalue weighted by Crippen LogP contribution is -2.56. The van der Waals surface area contributed by atoms with Crippen LogP contribution in [0.5, 0.6) is 0 Å². The Bertz CT molecular complexity index is 460. The normalized spacial score (nSPS) is 22.3. The topological polar surface area (TPSA) is 62.9 Å². The van der Waals surface area contributed by atoms with Gasteiger partial charge in [0.2, 0.25) is 5.76 Å². The molecule has 5 heteroatoms. The second kappa shape index (κ2) is 4.65. The van der Waals surface area contributed by atoms with Gasteiger partial charge in [-0.3, -0.25) is 4.90 Å². The molecule has 106 valence electrons. The van der Waals surface area contributed by atoms with Gasteiger partial charge in [-0.05, 0) is 39.8 Å². The third kappa shape index (κ3) is 3.58. The maximum absolute atomic E-state index is 10.8. The molecule has 1 aliphatic heterocycles. The van der Waals surface area contributed by atoms with Gasteiger partial charge in [-0.15, -0.1) is 0 Å². The summed E-state index contributed by atoms with van der Waals surface area (Å²) in [5.41, 5.74) is -0.437. The number of hydrogen-bond acceptors (Lipinski definition) is 4. The first-order valence-corrected chi connectivity index (χ1v) is 6.41. The van der Waals surface area contributed by atoms with Crippen molar-refractivity contribution in [2.45, 2.75) is 45.4 Å². The number of carbonyl (C=O) groups is 1. The molecule has 1 aromatic rings. The van der Waals surface area contributed by atoms with E-state index in [4.69, 9.17) is 14.3 Å². The van der Waals surface area contributed by atoms with Crippen molar-refractivity contribution in [3.63, 3.8) is 0 Å². The minimum atomic E-state index is -1.03. The highest BCUT2D eigenvalue weighted by Gasteiger charge is 2.38. The van der Waals surface area contributed by atoms with Crippen molar-refractivity contribution >= 4 is 5.97 Å². The predicted molar refractivity (Wildman–Crippen MR) is 70.2 cm³/mol. The van der Waals surface area contributed by atoms with E-state index in [1.165, 1.54) is 6.07 Å². The van der Waals surface area contributed by atoms with E-state index in [1.54, 1.807) is 6.07 Å². The molecule has 1 saturated heterocycles. The van der Waals surface area contributed by atoms with E-state index in [1.807, 2.05) is 0 Å². The molecule has 2 rings (SSSR count). The summed E-state index contributed by atoms with van der Waals surface area (Å²) in [5.74, 6) is -0.374. The zero-order chi connectivity index (χ0) is 14.3. The average molecular weight is 267 g/mol. The van der Waals surface area contributed by atoms with Crippen LogP contribution < -0.4 is 0 Å². The summed E-state index contributed by atoms with van der Waals surface area (Å²) >= 11 is 0. The molecule has 0 amide bonds. The molecule has 0 bridgehead atoms. The van der Waals surface area contributed by atoms with Gasteiger partial charge in [-0.1, -0.05) is 0 Å². The Morgan fingerprint density at radius 2 is 1.84 bits per heavy atom.